The number of ether oxygens (including phenoxy) is 2. The number of methoxy groups -OCH3 is 1. The average molecular weight is 554 g/mol. The van der Waals surface area contributed by atoms with Crippen LogP contribution in [0.5, 0.6) is 5.75 Å². The number of likely N-dealkylation sites (tertiary alicyclic amines) is 1. The number of carbonyl (C=O) groups excluding carboxylic acids is 3. The molecule has 4 bridgehead atoms. The molecule has 214 valence electrons. The minimum absolute atomic E-state index is 0.173. The number of carbonyl (C=O) groups is 1. The molecular formula is C29H35F4NO5. The first-order valence-electron chi connectivity index (χ1n) is 13.8. The average Bonchev–Trinajstić information content (AvgIpc) is 3.63. The summed E-state index contributed by atoms with van der Waals surface area (Å²) in [6, 6.07) is 2.11. The lowest BCUT2D eigenvalue weighted by molar-refractivity contribution is -0.263. The van der Waals surface area contributed by atoms with E-state index in [9.17, 15) is 18.0 Å². The van der Waals surface area contributed by atoms with Crippen LogP contribution in [0.15, 0.2) is 12.1 Å². The Bertz CT molecular complexity index is 1110. The molecule has 10 heteroatoms. The monoisotopic (exact) mass is 553 g/mol. The van der Waals surface area contributed by atoms with E-state index in [1.54, 1.807) is 6.92 Å². The van der Waals surface area contributed by atoms with Gasteiger partial charge in [0.25, 0.3) is 5.91 Å². The number of nitrogens with zero attached hydrogens (tertiary/aromatic N) is 1. The number of benzene rings is 1. The van der Waals surface area contributed by atoms with Crippen molar-refractivity contribution < 1.29 is 41.4 Å². The fourth-order valence-electron chi connectivity index (χ4n) is 8.25. The van der Waals surface area contributed by atoms with Gasteiger partial charge in [0.05, 0.1) is 18.7 Å². The van der Waals surface area contributed by atoms with Crippen LogP contribution in [-0.2, 0) is 14.3 Å². The third kappa shape index (κ3) is 5.22. The zero-order chi connectivity index (χ0) is 28.2. The van der Waals surface area contributed by atoms with Gasteiger partial charge in [-0.2, -0.15) is 22.8 Å². The maximum Gasteiger partial charge on any atom is 0.419 e. The first-order valence-corrected chi connectivity index (χ1v) is 13.8. The van der Waals surface area contributed by atoms with Gasteiger partial charge in [-0.25, -0.2) is 4.39 Å². The third-order valence-corrected chi connectivity index (χ3v) is 9.80. The minimum Gasteiger partial charge on any atom is -0.493 e. The Labute approximate surface area is 225 Å². The van der Waals surface area contributed by atoms with E-state index >= 15 is 4.39 Å². The number of halogens is 4. The highest BCUT2D eigenvalue weighted by molar-refractivity contribution is 5.95. The molecule has 39 heavy (non-hydrogen) atoms. The lowest BCUT2D eigenvalue weighted by Gasteiger charge is -2.56. The molecule has 0 N–H and O–H groups in total. The normalized spacial score (nSPS) is 34.9. The zero-order valence-electron chi connectivity index (χ0n) is 22.3. The van der Waals surface area contributed by atoms with Crippen LogP contribution < -0.4 is 4.74 Å². The summed E-state index contributed by atoms with van der Waals surface area (Å²) >= 11 is 0. The van der Waals surface area contributed by atoms with Gasteiger partial charge in [0.2, 0.25) is 0 Å². The number of hydrogen-bond donors (Lipinski definition) is 0. The summed E-state index contributed by atoms with van der Waals surface area (Å²) in [6.07, 6.45) is 4.70. The zero-order valence-corrected chi connectivity index (χ0v) is 22.3. The largest absolute Gasteiger partial charge is 0.493 e. The molecule has 6 nitrogen and oxygen atoms in total. The van der Waals surface area contributed by atoms with Crippen LogP contribution in [0.2, 0.25) is 0 Å². The molecule has 0 spiro atoms. The van der Waals surface area contributed by atoms with Gasteiger partial charge in [-0.05, 0) is 93.6 Å². The van der Waals surface area contributed by atoms with Crippen molar-refractivity contribution in [3.8, 4) is 5.75 Å². The fourth-order valence-corrected chi connectivity index (χ4v) is 8.25. The van der Waals surface area contributed by atoms with E-state index in [1.165, 1.54) is 50.7 Å². The molecule has 1 heterocycles. The summed E-state index contributed by atoms with van der Waals surface area (Å²) in [5.41, 5.74) is -1.63. The number of rotatable bonds is 6. The molecule has 1 aliphatic heterocycles. The van der Waals surface area contributed by atoms with Gasteiger partial charge in [0.15, 0.2) is 5.60 Å². The summed E-state index contributed by atoms with van der Waals surface area (Å²) in [5, 5.41) is 0. The Morgan fingerprint density at radius 3 is 2.08 bits per heavy atom. The molecule has 1 amide bonds. The van der Waals surface area contributed by atoms with Gasteiger partial charge in [0, 0.05) is 31.1 Å². The molecule has 2 atom stereocenters. The van der Waals surface area contributed by atoms with Gasteiger partial charge < -0.3 is 14.4 Å². The Kier molecular flexibility index (Phi) is 7.34. The van der Waals surface area contributed by atoms with Crippen molar-refractivity contribution in [2.45, 2.75) is 88.4 Å². The Hall–Kier alpha value is -2.45. The van der Waals surface area contributed by atoms with Crippen LogP contribution in [-0.4, -0.2) is 55.0 Å². The quantitative estimate of drug-likeness (QED) is 0.411. The molecule has 1 aromatic rings. The standard InChI is InChI=1S/C28H35F4NO3.CO2/c1-16-10-27(35-2,28(30,31)32)14-33(16)25(34)22-8-21(20-3-4-20)24(9-23(22)29)36-15-26-11-17-5-18(12-26)7-19(6-17)13-26;2-1-3/h8-9,16-20H,3-7,10-15H2,1-2H3;/t16-,17?,18?,19?,26?,27?;/m1./s1. The second kappa shape index (κ2) is 10.2. The summed E-state index contributed by atoms with van der Waals surface area (Å²) in [4.78, 5) is 30.7. The Morgan fingerprint density at radius 1 is 1.05 bits per heavy atom. The smallest absolute Gasteiger partial charge is 0.419 e. The highest BCUT2D eigenvalue weighted by Crippen LogP contribution is 2.60. The van der Waals surface area contributed by atoms with Gasteiger partial charge in [-0.3, -0.25) is 4.79 Å². The summed E-state index contributed by atoms with van der Waals surface area (Å²) < 4.78 is 67.8. The third-order valence-electron chi connectivity index (χ3n) is 9.80. The molecule has 5 saturated carbocycles. The first-order chi connectivity index (χ1) is 18.4. The van der Waals surface area contributed by atoms with Gasteiger partial charge >= 0.3 is 12.3 Å². The van der Waals surface area contributed by atoms with E-state index < -0.39 is 36.1 Å². The molecule has 5 aliphatic carbocycles. The molecule has 0 aromatic heterocycles. The van der Waals surface area contributed by atoms with E-state index in [0.29, 0.717) is 12.4 Å². The lowest BCUT2D eigenvalue weighted by Crippen LogP contribution is -2.49. The van der Waals surface area contributed by atoms with Crippen LogP contribution in [0.1, 0.15) is 86.6 Å². The lowest BCUT2D eigenvalue weighted by atomic mass is 9.50. The molecular weight excluding hydrogens is 518 g/mol. The number of hydrogen-bond acceptors (Lipinski definition) is 5. The number of alkyl halides is 3. The van der Waals surface area contributed by atoms with Crippen molar-refractivity contribution >= 4 is 12.1 Å². The van der Waals surface area contributed by atoms with E-state index in [4.69, 9.17) is 19.1 Å². The molecule has 1 unspecified atom stereocenters. The SMILES string of the molecule is COC1(C(F)(F)F)C[C@@H](C)N(C(=O)c2cc(C3CC3)c(OCC34CC5CC(CC(C5)C3)C4)cc2F)C1.O=C=O. The summed E-state index contributed by atoms with van der Waals surface area (Å²) in [6.45, 7) is 1.48. The van der Waals surface area contributed by atoms with Crippen molar-refractivity contribution in [2.75, 3.05) is 20.3 Å². The molecule has 1 saturated heterocycles. The van der Waals surface area contributed by atoms with E-state index in [2.05, 4.69) is 0 Å². The van der Waals surface area contributed by atoms with Crippen LogP contribution >= 0.6 is 0 Å². The van der Waals surface area contributed by atoms with E-state index in [1.807, 2.05) is 0 Å². The Morgan fingerprint density at radius 2 is 1.62 bits per heavy atom. The highest BCUT2D eigenvalue weighted by atomic mass is 19.4. The maximum atomic E-state index is 15.4. The highest BCUT2D eigenvalue weighted by Gasteiger charge is 2.61. The van der Waals surface area contributed by atoms with Gasteiger partial charge in [-0.1, -0.05) is 0 Å². The molecule has 7 rings (SSSR count). The minimum atomic E-state index is -4.63. The van der Waals surface area contributed by atoms with Crippen molar-refractivity contribution in [2.24, 2.45) is 23.2 Å². The predicted molar refractivity (Wildman–Crippen MR) is 130 cm³/mol. The summed E-state index contributed by atoms with van der Waals surface area (Å²) in [7, 11) is 1.01. The predicted octanol–water partition coefficient (Wildman–Crippen LogP) is 5.90. The second-order valence-corrected chi connectivity index (χ2v) is 12.6. The van der Waals surface area contributed by atoms with Gasteiger partial charge in [-0.15, -0.1) is 0 Å². The molecule has 6 aliphatic rings. The van der Waals surface area contributed by atoms with E-state index in [0.717, 1.165) is 48.2 Å². The molecule has 6 fully saturated rings. The second-order valence-electron chi connectivity index (χ2n) is 12.6. The van der Waals surface area contributed by atoms with Crippen LogP contribution in [0.3, 0.4) is 0 Å². The van der Waals surface area contributed by atoms with Gasteiger partial charge in [0.1, 0.15) is 11.6 Å². The van der Waals surface area contributed by atoms with Crippen LogP contribution in [0, 0.1) is 29.0 Å². The molecule has 0 radical (unpaired) electrons. The molecule has 1 aromatic carbocycles. The van der Waals surface area contributed by atoms with Crippen molar-refractivity contribution in [1.29, 1.82) is 0 Å². The maximum absolute atomic E-state index is 15.4. The number of amides is 1. The van der Waals surface area contributed by atoms with Crippen LogP contribution in [0.4, 0.5) is 17.6 Å². The summed E-state index contributed by atoms with van der Waals surface area (Å²) in [5.74, 6) is 1.61. The van der Waals surface area contributed by atoms with Crippen LogP contribution in [0.25, 0.3) is 0 Å². The Balaban J connectivity index is 0.000000983. The first kappa shape index (κ1) is 28.1. The fraction of sp³-hybridized carbons (Fsp3) is 0.724. The van der Waals surface area contributed by atoms with E-state index in [-0.39, 0.29) is 29.5 Å². The van der Waals surface area contributed by atoms with Crippen molar-refractivity contribution in [3.05, 3.63) is 29.1 Å². The topological polar surface area (TPSA) is 72.9 Å². The van der Waals surface area contributed by atoms with Crippen molar-refractivity contribution in [3.63, 3.8) is 0 Å². The van der Waals surface area contributed by atoms with Crippen molar-refractivity contribution in [1.82, 2.24) is 4.90 Å².